The molecule has 0 aliphatic carbocycles. The lowest BCUT2D eigenvalue weighted by atomic mass is 9.93. The van der Waals surface area contributed by atoms with Crippen molar-refractivity contribution < 1.29 is 4.92 Å². The van der Waals surface area contributed by atoms with Crippen LogP contribution < -0.4 is 10.2 Å². The summed E-state index contributed by atoms with van der Waals surface area (Å²) in [6, 6.07) is 0.453. The number of nitrogens with zero attached hydrogens (tertiary/aromatic N) is 3. The molecule has 3 rings (SSSR count). The van der Waals surface area contributed by atoms with Crippen LogP contribution in [0.15, 0.2) is 10.7 Å². The van der Waals surface area contributed by atoms with E-state index in [9.17, 15) is 10.1 Å². The number of hydrogen-bond acceptors (Lipinski definition) is 5. The molecule has 3 atom stereocenters. The number of rotatable bonds is 3. The van der Waals surface area contributed by atoms with Crippen LogP contribution in [0.2, 0.25) is 0 Å². The maximum Gasteiger partial charge on any atom is 0.291 e. The molecule has 2 aliphatic heterocycles. The summed E-state index contributed by atoms with van der Waals surface area (Å²) in [5.41, 5.74) is 0.717. The van der Waals surface area contributed by atoms with E-state index >= 15 is 0 Å². The minimum Gasteiger partial charge on any atom is -0.352 e. The van der Waals surface area contributed by atoms with Crippen LogP contribution in [0.4, 0.5) is 11.5 Å². The normalized spacial score (nSPS) is 28.0. The number of halogens is 1. The topological polar surface area (TPSA) is 71.3 Å². The van der Waals surface area contributed by atoms with Gasteiger partial charge >= 0.3 is 0 Å². The minimum absolute atomic E-state index is 0.0692. The van der Waals surface area contributed by atoms with E-state index in [0.717, 1.165) is 36.3 Å². The van der Waals surface area contributed by atoms with Crippen molar-refractivity contribution in [1.82, 2.24) is 10.3 Å². The second kappa shape index (κ2) is 5.53. The molecule has 2 saturated heterocycles. The Morgan fingerprint density at radius 3 is 3.00 bits per heavy atom. The quantitative estimate of drug-likeness (QED) is 0.666. The monoisotopic (exact) mass is 354 g/mol. The van der Waals surface area contributed by atoms with E-state index in [-0.39, 0.29) is 10.6 Å². The standard InChI is InChI=1S/C14H19BrN4O2/c1-3-11-10-5-16-4-9(10)7-18(11)14-13(15)8(2)12(6-17-14)19(20)21/h6,9-11,16H,3-5,7H2,1-2H3. The van der Waals surface area contributed by atoms with E-state index in [1.807, 2.05) is 0 Å². The van der Waals surface area contributed by atoms with Crippen LogP contribution in [0.5, 0.6) is 0 Å². The van der Waals surface area contributed by atoms with Crippen molar-refractivity contribution >= 4 is 27.4 Å². The Balaban J connectivity index is 1.97. The van der Waals surface area contributed by atoms with E-state index < -0.39 is 0 Å². The van der Waals surface area contributed by atoms with Gasteiger partial charge in [-0.3, -0.25) is 10.1 Å². The fraction of sp³-hybridized carbons (Fsp3) is 0.643. The molecule has 2 fully saturated rings. The second-order valence-electron chi connectivity index (χ2n) is 5.87. The first kappa shape index (κ1) is 14.7. The molecule has 7 heteroatoms. The molecule has 0 saturated carbocycles. The van der Waals surface area contributed by atoms with Crippen LogP contribution in [0.3, 0.4) is 0 Å². The lowest BCUT2D eigenvalue weighted by molar-refractivity contribution is -0.385. The third-order valence-corrected chi connectivity index (χ3v) is 5.77. The summed E-state index contributed by atoms with van der Waals surface area (Å²) in [4.78, 5) is 17.3. The van der Waals surface area contributed by atoms with Gasteiger partial charge in [0.25, 0.3) is 5.69 Å². The lowest BCUT2D eigenvalue weighted by Gasteiger charge is -2.29. The molecular formula is C14H19BrN4O2. The summed E-state index contributed by atoms with van der Waals surface area (Å²) in [7, 11) is 0. The maximum atomic E-state index is 11.0. The highest BCUT2D eigenvalue weighted by Crippen LogP contribution is 2.41. The summed E-state index contributed by atoms with van der Waals surface area (Å²) in [6.07, 6.45) is 2.45. The number of anilines is 1. The van der Waals surface area contributed by atoms with Gasteiger partial charge < -0.3 is 10.2 Å². The predicted molar refractivity (Wildman–Crippen MR) is 84.6 cm³/mol. The van der Waals surface area contributed by atoms with Crippen molar-refractivity contribution in [3.05, 3.63) is 26.3 Å². The highest BCUT2D eigenvalue weighted by molar-refractivity contribution is 9.10. The van der Waals surface area contributed by atoms with Crippen molar-refractivity contribution in [1.29, 1.82) is 0 Å². The van der Waals surface area contributed by atoms with E-state index in [1.165, 1.54) is 6.20 Å². The molecule has 1 aromatic heterocycles. The van der Waals surface area contributed by atoms with Gasteiger partial charge in [-0.2, -0.15) is 0 Å². The van der Waals surface area contributed by atoms with Gasteiger partial charge in [0, 0.05) is 31.2 Å². The van der Waals surface area contributed by atoms with Gasteiger partial charge in [-0.05, 0) is 41.1 Å². The van der Waals surface area contributed by atoms with E-state index in [2.05, 4.69) is 38.1 Å². The average molecular weight is 355 g/mol. The van der Waals surface area contributed by atoms with Crippen molar-refractivity contribution in [2.45, 2.75) is 26.3 Å². The van der Waals surface area contributed by atoms with Crippen LogP contribution in [-0.2, 0) is 0 Å². The Morgan fingerprint density at radius 2 is 2.33 bits per heavy atom. The Morgan fingerprint density at radius 1 is 1.57 bits per heavy atom. The first-order valence-corrected chi connectivity index (χ1v) is 8.10. The molecule has 2 aliphatic rings. The maximum absolute atomic E-state index is 11.0. The molecule has 21 heavy (non-hydrogen) atoms. The fourth-order valence-corrected chi connectivity index (χ4v) is 4.26. The zero-order chi connectivity index (χ0) is 15.1. The van der Waals surface area contributed by atoms with Gasteiger partial charge in [-0.1, -0.05) is 6.92 Å². The van der Waals surface area contributed by atoms with E-state index in [4.69, 9.17) is 0 Å². The lowest BCUT2D eigenvalue weighted by Crippen LogP contribution is -2.36. The van der Waals surface area contributed by atoms with Crippen LogP contribution in [0.25, 0.3) is 0 Å². The summed E-state index contributed by atoms with van der Waals surface area (Å²) >= 11 is 3.52. The molecule has 0 spiro atoms. The van der Waals surface area contributed by atoms with Crippen LogP contribution >= 0.6 is 15.9 Å². The third-order valence-electron chi connectivity index (χ3n) is 4.82. The van der Waals surface area contributed by atoms with Crippen molar-refractivity contribution in [3.8, 4) is 0 Å². The zero-order valence-corrected chi connectivity index (χ0v) is 13.8. The molecule has 1 aromatic rings. The molecule has 6 nitrogen and oxygen atoms in total. The van der Waals surface area contributed by atoms with Gasteiger partial charge in [0.05, 0.1) is 9.40 Å². The fourth-order valence-electron chi connectivity index (χ4n) is 3.73. The SMILES string of the molecule is CCC1C2CNCC2CN1c1ncc([N+](=O)[O-])c(C)c1Br. The molecule has 0 bridgehead atoms. The van der Waals surface area contributed by atoms with Crippen molar-refractivity contribution in [2.75, 3.05) is 24.5 Å². The number of pyridine rings is 1. The number of aromatic nitrogens is 1. The van der Waals surface area contributed by atoms with Crippen molar-refractivity contribution in [2.24, 2.45) is 11.8 Å². The molecule has 1 N–H and O–H groups in total. The Hall–Kier alpha value is -1.21. The molecule has 0 aromatic carbocycles. The minimum atomic E-state index is -0.378. The highest BCUT2D eigenvalue weighted by atomic mass is 79.9. The van der Waals surface area contributed by atoms with Gasteiger partial charge in [0.2, 0.25) is 0 Å². The van der Waals surface area contributed by atoms with Gasteiger partial charge in [0.1, 0.15) is 12.0 Å². The van der Waals surface area contributed by atoms with Crippen LogP contribution in [0, 0.1) is 28.9 Å². The number of nitro groups is 1. The van der Waals surface area contributed by atoms with Crippen molar-refractivity contribution in [3.63, 3.8) is 0 Å². The first-order valence-electron chi connectivity index (χ1n) is 7.31. The number of hydrogen-bond donors (Lipinski definition) is 1. The highest BCUT2D eigenvalue weighted by Gasteiger charge is 2.44. The first-order chi connectivity index (χ1) is 10.0. The van der Waals surface area contributed by atoms with E-state index in [0.29, 0.717) is 23.4 Å². The Bertz CT molecular complexity index is 580. The smallest absolute Gasteiger partial charge is 0.291 e. The molecule has 3 unspecified atom stereocenters. The predicted octanol–water partition coefficient (Wildman–Crippen LogP) is 2.49. The Kier molecular flexibility index (Phi) is 3.88. The number of fused-ring (bicyclic) bond motifs is 1. The summed E-state index contributed by atoms with van der Waals surface area (Å²) < 4.78 is 0.753. The van der Waals surface area contributed by atoms with E-state index in [1.54, 1.807) is 6.92 Å². The van der Waals surface area contributed by atoms with Gasteiger partial charge in [0.15, 0.2) is 0 Å². The molecule has 0 radical (unpaired) electrons. The number of nitrogens with one attached hydrogen (secondary N) is 1. The zero-order valence-electron chi connectivity index (χ0n) is 12.2. The van der Waals surface area contributed by atoms with Gasteiger partial charge in [-0.15, -0.1) is 0 Å². The van der Waals surface area contributed by atoms with Crippen LogP contribution in [0.1, 0.15) is 18.9 Å². The molecule has 114 valence electrons. The van der Waals surface area contributed by atoms with Gasteiger partial charge in [-0.25, -0.2) is 4.98 Å². The van der Waals surface area contributed by atoms with Crippen LogP contribution in [-0.4, -0.2) is 35.6 Å². The third kappa shape index (κ3) is 2.32. The second-order valence-corrected chi connectivity index (χ2v) is 6.67. The summed E-state index contributed by atoms with van der Waals surface area (Å²) in [6.45, 7) is 7.06. The molecule has 3 heterocycles. The summed E-state index contributed by atoms with van der Waals surface area (Å²) in [5, 5.41) is 14.5. The largest absolute Gasteiger partial charge is 0.352 e. The molecular weight excluding hydrogens is 336 g/mol. The molecule has 0 amide bonds. The average Bonchev–Trinajstić information content (AvgIpc) is 3.01. The summed E-state index contributed by atoms with van der Waals surface area (Å²) in [5.74, 6) is 2.15. The Labute approximate surface area is 132 Å².